The Morgan fingerprint density at radius 3 is 2.86 bits per heavy atom. The van der Waals surface area contributed by atoms with Crippen molar-refractivity contribution >= 4 is 29.9 Å². The molecular weight excluding hydrogens is 479 g/mol. The summed E-state index contributed by atoms with van der Waals surface area (Å²) >= 11 is 0. The Balaban J connectivity index is 0.00000240. The SMILES string of the molecule is CN=C(NCCCn1cccn1)N1CC2OCCN(Cc3ccccc3)C2C1.I. The normalized spacial score (nSPS) is 22.2. The highest BCUT2D eigenvalue weighted by Crippen LogP contribution is 2.24. The van der Waals surface area contributed by atoms with Gasteiger partial charge >= 0.3 is 0 Å². The molecule has 1 aromatic heterocycles. The number of aryl methyl sites for hydroxylation is 1. The van der Waals surface area contributed by atoms with Crippen LogP contribution in [-0.4, -0.2) is 77.5 Å². The second-order valence-corrected chi connectivity index (χ2v) is 7.43. The highest BCUT2D eigenvalue weighted by atomic mass is 127. The van der Waals surface area contributed by atoms with Crippen LogP contribution in [0.5, 0.6) is 0 Å². The molecule has 2 atom stereocenters. The molecule has 2 aromatic rings. The number of halogens is 1. The van der Waals surface area contributed by atoms with Crippen molar-refractivity contribution in [3.63, 3.8) is 0 Å². The summed E-state index contributed by atoms with van der Waals surface area (Å²) < 4.78 is 8.05. The second kappa shape index (κ2) is 10.9. The molecule has 158 valence electrons. The lowest BCUT2D eigenvalue weighted by Gasteiger charge is -2.36. The van der Waals surface area contributed by atoms with Gasteiger partial charge in [0.25, 0.3) is 0 Å². The van der Waals surface area contributed by atoms with E-state index in [1.54, 1.807) is 0 Å². The van der Waals surface area contributed by atoms with Crippen molar-refractivity contribution in [3.8, 4) is 0 Å². The van der Waals surface area contributed by atoms with Crippen LogP contribution in [0.3, 0.4) is 0 Å². The second-order valence-electron chi connectivity index (χ2n) is 7.43. The summed E-state index contributed by atoms with van der Waals surface area (Å²) in [5.74, 6) is 0.970. The van der Waals surface area contributed by atoms with Crippen LogP contribution in [-0.2, 0) is 17.8 Å². The first kappa shape index (κ1) is 22.0. The first-order valence-electron chi connectivity index (χ1n) is 10.2. The number of guanidine groups is 1. The van der Waals surface area contributed by atoms with Gasteiger partial charge in [-0.2, -0.15) is 5.10 Å². The monoisotopic (exact) mass is 510 g/mol. The number of nitrogens with zero attached hydrogens (tertiary/aromatic N) is 5. The molecule has 29 heavy (non-hydrogen) atoms. The largest absolute Gasteiger partial charge is 0.373 e. The van der Waals surface area contributed by atoms with Gasteiger partial charge in [-0.15, -0.1) is 24.0 Å². The first-order valence-corrected chi connectivity index (χ1v) is 10.2. The first-order chi connectivity index (χ1) is 13.8. The molecule has 7 nitrogen and oxygen atoms in total. The topological polar surface area (TPSA) is 57.9 Å². The summed E-state index contributed by atoms with van der Waals surface area (Å²) in [7, 11) is 1.86. The van der Waals surface area contributed by atoms with Crippen molar-refractivity contribution in [3.05, 3.63) is 54.4 Å². The van der Waals surface area contributed by atoms with Crippen LogP contribution in [0.25, 0.3) is 0 Å². The summed E-state index contributed by atoms with van der Waals surface area (Å²) in [6.07, 6.45) is 5.08. The van der Waals surface area contributed by atoms with Gasteiger partial charge in [0.1, 0.15) is 0 Å². The number of fused-ring (bicyclic) bond motifs is 1. The maximum Gasteiger partial charge on any atom is 0.193 e. The Morgan fingerprint density at radius 1 is 1.24 bits per heavy atom. The highest BCUT2D eigenvalue weighted by molar-refractivity contribution is 14.0. The van der Waals surface area contributed by atoms with Gasteiger partial charge in [0.2, 0.25) is 0 Å². The minimum absolute atomic E-state index is 0. The van der Waals surface area contributed by atoms with Gasteiger partial charge in [0.05, 0.1) is 18.8 Å². The van der Waals surface area contributed by atoms with E-state index < -0.39 is 0 Å². The quantitative estimate of drug-likeness (QED) is 0.279. The predicted molar refractivity (Wildman–Crippen MR) is 126 cm³/mol. The van der Waals surface area contributed by atoms with Gasteiger partial charge in [-0.1, -0.05) is 30.3 Å². The molecule has 0 spiro atoms. The molecule has 8 heteroatoms. The van der Waals surface area contributed by atoms with E-state index in [0.717, 1.165) is 58.3 Å². The lowest BCUT2D eigenvalue weighted by Crippen LogP contribution is -2.50. The third-order valence-electron chi connectivity index (χ3n) is 5.56. The van der Waals surface area contributed by atoms with Crippen molar-refractivity contribution in [1.29, 1.82) is 0 Å². The zero-order valence-electron chi connectivity index (χ0n) is 17.0. The van der Waals surface area contributed by atoms with E-state index in [1.807, 2.05) is 30.2 Å². The van der Waals surface area contributed by atoms with Crippen LogP contribution in [0.2, 0.25) is 0 Å². The van der Waals surface area contributed by atoms with E-state index in [9.17, 15) is 0 Å². The van der Waals surface area contributed by atoms with Gasteiger partial charge in [-0.05, 0) is 18.1 Å². The van der Waals surface area contributed by atoms with Gasteiger partial charge in [-0.25, -0.2) is 0 Å². The zero-order chi connectivity index (χ0) is 19.2. The van der Waals surface area contributed by atoms with E-state index in [0.29, 0.717) is 6.04 Å². The third kappa shape index (κ3) is 5.70. The number of aromatic nitrogens is 2. The van der Waals surface area contributed by atoms with Crippen molar-refractivity contribution < 1.29 is 4.74 Å². The molecule has 0 amide bonds. The molecule has 2 unspecified atom stereocenters. The molecular formula is C21H31IN6O. The lowest BCUT2D eigenvalue weighted by atomic mass is 10.1. The Hall–Kier alpha value is -1.65. The number of ether oxygens (including phenoxy) is 1. The van der Waals surface area contributed by atoms with Crippen molar-refractivity contribution in [2.24, 2.45) is 4.99 Å². The van der Waals surface area contributed by atoms with Crippen molar-refractivity contribution in [1.82, 2.24) is 24.9 Å². The summed E-state index contributed by atoms with van der Waals surface area (Å²) in [5, 5.41) is 7.76. The standard InChI is InChI=1S/C21H30N6O.HI/c1-22-21(23-9-5-11-27-12-6-10-24-27)26-16-19-20(17-26)28-14-13-25(19)15-18-7-3-2-4-8-18;/h2-4,6-8,10,12,19-20H,5,9,11,13-17H2,1H3,(H,22,23);1H. The molecule has 0 radical (unpaired) electrons. The summed E-state index contributed by atoms with van der Waals surface area (Å²) in [6, 6.07) is 13.1. The molecule has 0 bridgehead atoms. The van der Waals surface area contributed by atoms with Crippen LogP contribution in [0.15, 0.2) is 53.8 Å². The molecule has 0 saturated carbocycles. The van der Waals surface area contributed by atoms with Gasteiger partial charge < -0.3 is 15.0 Å². The molecule has 2 aliphatic rings. The number of nitrogens with one attached hydrogen (secondary N) is 1. The molecule has 2 fully saturated rings. The predicted octanol–water partition coefficient (Wildman–Crippen LogP) is 2.05. The van der Waals surface area contributed by atoms with Gasteiger partial charge in [-0.3, -0.25) is 14.6 Å². The molecule has 3 heterocycles. The summed E-state index contributed by atoms with van der Waals surface area (Å²) in [4.78, 5) is 9.41. The van der Waals surface area contributed by atoms with Crippen LogP contribution in [0.4, 0.5) is 0 Å². The lowest BCUT2D eigenvalue weighted by molar-refractivity contribution is -0.0502. The maximum atomic E-state index is 6.09. The fourth-order valence-corrected chi connectivity index (χ4v) is 4.15. The Labute approximate surface area is 190 Å². The van der Waals surface area contributed by atoms with Crippen molar-refractivity contribution in [2.45, 2.75) is 31.7 Å². The van der Waals surface area contributed by atoms with Crippen molar-refractivity contribution in [2.75, 3.05) is 39.8 Å². The molecule has 4 rings (SSSR count). The minimum Gasteiger partial charge on any atom is -0.373 e. The fraction of sp³-hybridized carbons (Fsp3) is 0.524. The molecule has 2 aliphatic heterocycles. The number of morpholine rings is 1. The smallest absolute Gasteiger partial charge is 0.193 e. The fourth-order valence-electron chi connectivity index (χ4n) is 4.15. The van der Waals surface area contributed by atoms with E-state index in [1.165, 1.54) is 5.56 Å². The summed E-state index contributed by atoms with van der Waals surface area (Å²) in [5.41, 5.74) is 1.36. The average molecular weight is 510 g/mol. The van der Waals surface area contributed by atoms with Crippen LogP contribution in [0.1, 0.15) is 12.0 Å². The molecule has 1 aromatic carbocycles. The van der Waals surface area contributed by atoms with E-state index in [2.05, 4.69) is 55.5 Å². The van der Waals surface area contributed by atoms with Crippen LogP contribution >= 0.6 is 24.0 Å². The maximum absolute atomic E-state index is 6.09. The molecule has 0 aliphatic carbocycles. The highest BCUT2D eigenvalue weighted by Gasteiger charge is 2.41. The Morgan fingerprint density at radius 2 is 2.10 bits per heavy atom. The van der Waals surface area contributed by atoms with E-state index >= 15 is 0 Å². The zero-order valence-corrected chi connectivity index (χ0v) is 19.3. The van der Waals surface area contributed by atoms with E-state index in [-0.39, 0.29) is 30.1 Å². The van der Waals surface area contributed by atoms with Gasteiger partial charge in [0.15, 0.2) is 5.96 Å². The third-order valence-corrected chi connectivity index (χ3v) is 5.56. The minimum atomic E-state index is 0. The van der Waals surface area contributed by atoms with Crippen LogP contribution in [0, 0.1) is 0 Å². The average Bonchev–Trinajstić information content (AvgIpc) is 3.39. The number of hydrogen-bond acceptors (Lipinski definition) is 4. The number of likely N-dealkylation sites (tertiary alicyclic amines) is 1. The van der Waals surface area contributed by atoms with Gasteiger partial charge in [0, 0.05) is 58.7 Å². The van der Waals surface area contributed by atoms with E-state index in [4.69, 9.17) is 4.74 Å². The summed E-state index contributed by atoms with van der Waals surface area (Å²) in [6.45, 7) is 6.42. The number of rotatable bonds is 6. The van der Waals surface area contributed by atoms with Crippen LogP contribution < -0.4 is 5.32 Å². The Bertz CT molecular complexity index is 754. The molecule has 1 N–H and O–H groups in total. The Kier molecular flexibility index (Phi) is 8.31. The number of benzene rings is 1. The molecule has 2 saturated heterocycles. The number of aliphatic imine (C=N–C) groups is 1. The number of hydrogen-bond donors (Lipinski definition) is 1.